The minimum Gasteiger partial charge on any atom is -0.353 e. The Hall–Kier alpha value is -2.94. The molecule has 2 aromatic rings. The van der Waals surface area contributed by atoms with Crippen molar-refractivity contribution < 1.29 is 14.4 Å². The second kappa shape index (κ2) is 9.13. The molecule has 142 valence electrons. The first-order chi connectivity index (χ1) is 13.1. The number of nitrogens with one attached hydrogen (secondary N) is 3. The molecular weight excluding hydrogens is 366 g/mol. The van der Waals surface area contributed by atoms with E-state index in [4.69, 9.17) is 0 Å². The lowest BCUT2D eigenvalue weighted by atomic mass is 10.2. The number of rotatable bonds is 7. The summed E-state index contributed by atoms with van der Waals surface area (Å²) in [6.07, 6.45) is 2.44. The van der Waals surface area contributed by atoms with Gasteiger partial charge in [0.05, 0.1) is 18.4 Å². The van der Waals surface area contributed by atoms with Gasteiger partial charge in [-0.25, -0.2) is 4.98 Å². The normalized spacial score (nSPS) is 13.8. The highest BCUT2D eigenvalue weighted by molar-refractivity contribution is 7.08. The van der Waals surface area contributed by atoms with Crippen LogP contribution in [0.5, 0.6) is 0 Å². The van der Waals surface area contributed by atoms with E-state index < -0.39 is 0 Å². The highest BCUT2D eigenvalue weighted by atomic mass is 32.1. The Labute approximate surface area is 161 Å². The minimum atomic E-state index is -0.133. The highest BCUT2D eigenvalue weighted by Crippen LogP contribution is 2.15. The number of aromatic nitrogens is 1. The summed E-state index contributed by atoms with van der Waals surface area (Å²) in [5, 5.41) is 12.0. The molecule has 2 aromatic heterocycles. The molecule has 0 aromatic carbocycles. The summed E-state index contributed by atoms with van der Waals surface area (Å²) in [4.78, 5) is 41.4. The third-order valence-corrected chi connectivity index (χ3v) is 4.73. The van der Waals surface area contributed by atoms with Crippen LogP contribution in [0.15, 0.2) is 35.2 Å². The number of anilines is 2. The molecule has 1 saturated heterocycles. The Balaban J connectivity index is 1.39. The number of carbonyl (C=O) groups excluding carboxylic acids is 3. The average molecular weight is 387 g/mol. The Morgan fingerprint density at radius 2 is 2.19 bits per heavy atom. The molecule has 3 amide bonds. The molecule has 1 fully saturated rings. The van der Waals surface area contributed by atoms with E-state index in [-0.39, 0.29) is 24.3 Å². The molecule has 3 N–H and O–H groups in total. The standard InChI is InChI=1S/C18H21N5O3S/c24-16(2-1-6-20-18(26)13-5-9-27-12-13)22-14-3-4-15(21-10-14)23-8-7-19-17(25)11-23/h3-5,9-10,12H,1-2,6-8,11H2,(H,19,25)(H,20,26)(H,22,24). The lowest BCUT2D eigenvalue weighted by molar-refractivity contribution is -0.120. The quantitative estimate of drug-likeness (QED) is 0.620. The molecule has 8 nitrogen and oxygen atoms in total. The Kier molecular flexibility index (Phi) is 6.37. The van der Waals surface area contributed by atoms with Gasteiger partial charge in [0.25, 0.3) is 5.91 Å². The molecule has 1 aliphatic rings. The van der Waals surface area contributed by atoms with Crippen molar-refractivity contribution in [3.63, 3.8) is 0 Å². The van der Waals surface area contributed by atoms with Crippen molar-refractivity contribution in [2.75, 3.05) is 36.4 Å². The van der Waals surface area contributed by atoms with E-state index in [0.29, 0.717) is 49.5 Å². The van der Waals surface area contributed by atoms with Crippen molar-refractivity contribution in [3.05, 3.63) is 40.7 Å². The summed E-state index contributed by atoms with van der Waals surface area (Å²) >= 11 is 1.47. The maximum absolute atomic E-state index is 12.0. The molecule has 0 bridgehead atoms. The van der Waals surface area contributed by atoms with Crippen LogP contribution in [0.4, 0.5) is 11.5 Å². The summed E-state index contributed by atoms with van der Waals surface area (Å²) in [6, 6.07) is 5.32. The van der Waals surface area contributed by atoms with Gasteiger partial charge in [-0.05, 0) is 30.0 Å². The number of piperazine rings is 1. The van der Waals surface area contributed by atoms with Gasteiger partial charge in [0.15, 0.2) is 0 Å². The lowest BCUT2D eigenvalue weighted by Crippen LogP contribution is -2.48. The van der Waals surface area contributed by atoms with Crippen LogP contribution in [0.1, 0.15) is 23.2 Å². The number of hydrogen-bond donors (Lipinski definition) is 3. The maximum atomic E-state index is 12.0. The largest absolute Gasteiger partial charge is 0.353 e. The predicted molar refractivity (Wildman–Crippen MR) is 104 cm³/mol. The molecule has 27 heavy (non-hydrogen) atoms. The van der Waals surface area contributed by atoms with E-state index in [0.717, 1.165) is 0 Å². The van der Waals surface area contributed by atoms with E-state index in [1.165, 1.54) is 11.3 Å². The molecule has 0 spiro atoms. The van der Waals surface area contributed by atoms with Crippen LogP contribution in [0, 0.1) is 0 Å². The average Bonchev–Trinajstić information content (AvgIpc) is 3.20. The van der Waals surface area contributed by atoms with Crippen LogP contribution in [0.3, 0.4) is 0 Å². The third-order valence-electron chi connectivity index (χ3n) is 4.04. The van der Waals surface area contributed by atoms with Crippen LogP contribution in [-0.2, 0) is 9.59 Å². The molecule has 0 saturated carbocycles. The molecule has 0 aliphatic carbocycles. The molecule has 3 rings (SSSR count). The maximum Gasteiger partial charge on any atom is 0.252 e. The number of amides is 3. The van der Waals surface area contributed by atoms with E-state index in [2.05, 4.69) is 20.9 Å². The van der Waals surface area contributed by atoms with Crippen LogP contribution >= 0.6 is 11.3 Å². The lowest BCUT2D eigenvalue weighted by Gasteiger charge is -2.27. The van der Waals surface area contributed by atoms with Crippen LogP contribution < -0.4 is 20.9 Å². The number of thiophene rings is 1. The van der Waals surface area contributed by atoms with Crippen LogP contribution in [-0.4, -0.2) is 48.9 Å². The SMILES string of the molecule is O=C1CN(c2ccc(NC(=O)CCCNC(=O)c3ccsc3)cn2)CCN1. The Morgan fingerprint density at radius 3 is 2.89 bits per heavy atom. The topological polar surface area (TPSA) is 103 Å². The van der Waals surface area contributed by atoms with Crippen LogP contribution in [0.25, 0.3) is 0 Å². The summed E-state index contributed by atoms with van der Waals surface area (Å²) in [6.45, 7) is 2.04. The molecule has 1 aliphatic heterocycles. The van der Waals surface area contributed by atoms with Gasteiger partial charge in [-0.15, -0.1) is 0 Å². The first-order valence-electron chi connectivity index (χ1n) is 8.70. The summed E-state index contributed by atoms with van der Waals surface area (Å²) in [7, 11) is 0. The van der Waals surface area contributed by atoms with E-state index >= 15 is 0 Å². The molecule has 0 radical (unpaired) electrons. The summed E-state index contributed by atoms with van der Waals surface area (Å²) in [5.41, 5.74) is 1.24. The number of pyridine rings is 1. The van der Waals surface area contributed by atoms with Crippen LogP contribution in [0.2, 0.25) is 0 Å². The molecule has 0 unspecified atom stereocenters. The first kappa shape index (κ1) is 18.8. The number of nitrogens with zero attached hydrogens (tertiary/aromatic N) is 2. The van der Waals surface area contributed by atoms with Gasteiger partial charge in [0, 0.05) is 37.0 Å². The zero-order chi connectivity index (χ0) is 19.1. The van der Waals surface area contributed by atoms with E-state index in [1.807, 2.05) is 10.3 Å². The predicted octanol–water partition coefficient (Wildman–Crippen LogP) is 1.23. The zero-order valence-corrected chi connectivity index (χ0v) is 15.6. The van der Waals surface area contributed by atoms with E-state index in [9.17, 15) is 14.4 Å². The Bertz CT molecular complexity index is 792. The smallest absolute Gasteiger partial charge is 0.252 e. The molecular formula is C18H21N5O3S. The fourth-order valence-electron chi connectivity index (χ4n) is 2.65. The second-order valence-electron chi connectivity index (χ2n) is 6.10. The Morgan fingerprint density at radius 1 is 1.30 bits per heavy atom. The second-order valence-corrected chi connectivity index (χ2v) is 6.88. The van der Waals surface area contributed by atoms with Crippen molar-refractivity contribution in [1.29, 1.82) is 0 Å². The number of carbonyl (C=O) groups is 3. The highest BCUT2D eigenvalue weighted by Gasteiger charge is 2.17. The first-order valence-corrected chi connectivity index (χ1v) is 9.64. The van der Waals surface area contributed by atoms with Gasteiger partial charge >= 0.3 is 0 Å². The fraction of sp³-hybridized carbons (Fsp3) is 0.333. The number of hydrogen-bond acceptors (Lipinski definition) is 6. The van der Waals surface area contributed by atoms with Gasteiger partial charge in [-0.1, -0.05) is 0 Å². The van der Waals surface area contributed by atoms with Crippen molar-refractivity contribution >= 4 is 40.6 Å². The van der Waals surface area contributed by atoms with Gasteiger partial charge < -0.3 is 20.9 Å². The van der Waals surface area contributed by atoms with Crippen molar-refractivity contribution in [3.8, 4) is 0 Å². The van der Waals surface area contributed by atoms with Crippen molar-refractivity contribution in [1.82, 2.24) is 15.6 Å². The summed E-state index contributed by atoms with van der Waals surface area (Å²) < 4.78 is 0. The van der Waals surface area contributed by atoms with Crippen molar-refractivity contribution in [2.45, 2.75) is 12.8 Å². The van der Waals surface area contributed by atoms with Gasteiger partial charge in [-0.3, -0.25) is 14.4 Å². The molecule has 0 atom stereocenters. The third kappa shape index (κ3) is 5.52. The summed E-state index contributed by atoms with van der Waals surface area (Å²) in [5.74, 6) is 0.431. The monoisotopic (exact) mass is 387 g/mol. The van der Waals surface area contributed by atoms with Gasteiger partial charge in [0.1, 0.15) is 5.82 Å². The zero-order valence-electron chi connectivity index (χ0n) is 14.7. The fourth-order valence-corrected chi connectivity index (χ4v) is 3.29. The van der Waals surface area contributed by atoms with E-state index in [1.54, 1.807) is 29.8 Å². The van der Waals surface area contributed by atoms with Gasteiger partial charge in [-0.2, -0.15) is 11.3 Å². The molecule has 3 heterocycles. The van der Waals surface area contributed by atoms with Gasteiger partial charge in [0.2, 0.25) is 11.8 Å². The molecule has 9 heteroatoms. The minimum absolute atomic E-state index is 0.0217. The van der Waals surface area contributed by atoms with Crippen molar-refractivity contribution in [2.24, 2.45) is 0 Å².